The lowest BCUT2D eigenvalue weighted by atomic mass is 9.81. The smallest absolute Gasteiger partial charge is 0.251 e. The van der Waals surface area contributed by atoms with Crippen molar-refractivity contribution in [1.29, 1.82) is 0 Å². The van der Waals surface area contributed by atoms with Crippen LogP contribution in [0.3, 0.4) is 0 Å². The van der Waals surface area contributed by atoms with Crippen molar-refractivity contribution < 1.29 is 9.53 Å². The maximum atomic E-state index is 12.5. The standard InChI is InChI=1S/C20H28N6O2/c1-28-11-10-26-19(22-23-24-26)14-25-17-8-5-9-18(25)13-16(12-17)21-20(27)15-6-3-2-4-7-15/h2-4,6-7,16-18H,5,8-14H2,1H3,(H,21,27). The molecule has 1 aromatic heterocycles. The summed E-state index contributed by atoms with van der Waals surface area (Å²) in [5.74, 6) is 0.918. The van der Waals surface area contributed by atoms with Gasteiger partial charge in [0.1, 0.15) is 0 Å². The minimum Gasteiger partial charge on any atom is -0.383 e. The number of tetrazole rings is 1. The van der Waals surface area contributed by atoms with Crippen molar-refractivity contribution in [1.82, 2.24) is 30.4 Å². The Labute approximate surface area is 165 Å². The fourth-order valence-electron chi connectivity index (χ4n) is 4.56. The first-order chi connectivity index (χ1) is 13.7. The largest absolute Gasteiger partial charge is 0.383 e. The molecule has 1 aromatic carbocycles. The van der Waals surface area contributed by atoms with Gasteiger partial charge < -0.3 is 10.1 Å². The Bertz CT molecular complexity index is 766. The number of benzene rings is 1. The fraction of sp³-hybridized carbons (Fsp3) is 0.600. The van der Waals surface area contributed by atoms with E-state index in [4.69, 9.17) is 4.74 Å². The molecule has 0 aliphatic carbocycles. The van der Waals surface area contributed by atoms with E-state index in [-0.39, 0.29) is 11.9 Å². The molecule has 2 aliphatic heterocycles. The zero-order valence-corrected chi connectivity index (χ0v) is 16.3. The van der Waals surface area contributed by atoms with Crippen molar-refractivity contribution in [3.63, 3.8) is 0 Å². The molecule has 1 amide bonds. The van der Waals surface area contributed by atoms with Crippen LogP contribution in [0.2, 0.25) is 0 Å². The lowest BCUT2D eigenvalue weighted by Gasteiger charge is -2.48. The average Bonchev–Trinajstić information content (AvgIpc) is 3.14. The van der Waals surface area contributed by atoms with Gasteiger partial charge in [0.15, 0.2) is 5.82 Å². The normalized spacial score (nSPS) is 24.8. The molecule has 8 nitrogen and oxygen atoms in total. The Morgan fingerprint density at radius 2 is 1.96 bits per heavy atom. The Morgan fingerprint density at radius 1 is 1.21 bits per heavy atom. The number of nitrogens with one attached hydrogen (secondary N) is 1. The van der Waals surface area contributed by atoms with Crippen molar-refractivity contribution in [2.45, 2.75) is 63.3 Å². The number of nitrogens with zero attached hydrogens (tertiary/aromatic N) is 5. The van der Waals surface area contributed by atoms with Gasteiger partial charge in [-0.1, -0.05) is 24.6 Å². The summed E-state index contributed by atoms with van der Waals surface area (Å²) in [4.78, 5) is 15.1. The molecule has 1 N–H and O–H groups in total. The lowest BCUT2D eigenvalue weighted by Crippen LogP contribution is -2.56. The van der Waals surface area contributed by atoms with E-state index < -0.39 is 0 Å². The van der Waals surface area contributed by atoms with E-state index >= 15 is 0 Å². The number of carbonyl (C=O) groups excluding carboxylic acids is 1. The molecule has 2 aliphatic rings. The van der Waals surface area contributed by atoms with Gasteiger partial charge in [-0.05, 0) is 48.2 Å². The van der Waals surface area contributed by atoms with Gasteiger partial charge in [-0.3, -0.25) is 9.69 Å². The van der Waals surface area contributed by atoms with Crippen LogP contribution in [0.25, 0.3) is 0 Å². The van der Waals surface area contributed by atoms with Gasteiger partial charge in [-0.25, -0.2) is 4.68 Å². The summed E-state index contributed by atoms with van der Waals surface area (Å²) in [6.07, 6.45) is 5.53. The molecule has 2 bridgehead atoms. The molecule has 0 radical (unpaired) electrons. The number of aromatic nitrogens is 4. The zero-order chi connectivity index (χ0) is 19.3. The highest BCUT2D eigenvalue weighted by atomic mass is 16.5. The number of amides is 1. The monoisotopic (exact) mass is 384 g/mol. The second-order valence-corrected chi connectivity index (χ2v) is 7.73. The summed E-state index contributed by atoms with van der Waals surface area (Å²) in [6, 6.07) is 10.6. The third-order valence-corrected chi connectivity index (χ3v) is 5.93. The highest BCUT2D eigenvalue weighted by Crippen LogP contribution is 2.35. The van der Waals surface area contributed by atoms with Gasteiger partial charge in [-0.15, -0.1) is 5.10 Å². The maximum Gasteiger partial charge on any atom is 0.251 e. The number of fused-ring (bicyclic) bond motifs is 2. The molecule has 0 spiro atoms. The van der Waals surface area contributed by atoms with E-state index in [1.54, 1.807) is 7.11 Å². The highest BCUT2D eigenvalue weighted by Gasteiger charge is 2.39. The van der Waals surface area contributed by atoms with E-state index in [9.17, 15) is 4.79 Å². The minimum absolute atomic E-state index is 0.0284. The van der Waals surface area contributed by atoms with Crippen LogP contribution in [-0.4, -0.2) is 62.9 Å². The van der Waals surface area contributed by atoms with E-state index in [0.29, 0.717) is 25.2 Å². The molecular formula is C20H28N6O2. The van der Waals surface area contributed by atoms with Crippen molar-refractivity contribution in [3.8, 4) is 0 Å². The number of hydrogen-bond donors (Lipinski definition) is 1. The average molecular weight is 384 g/mol. The number of carbonyl (C=O) groups is 1. The first-order valence-electron chi connectivity index (χ1n) is 10.1. The molecule has 2 aromatic rings. The fourth-order valence-corrected chi connectivity index (χ4v) is 4.56. The summed E-state index contributed by atoms with van der Waals surface area (Å²) in [7, 11) is 1.68. The molecule has 2 saturated heterocycles. The first-order valence-corrected chi connectivity index (χ1v) is 10.1. The summed E-state index contributed by atoms with van der Waals surface area (Å²) in [6.45, 7) is 2.02. The van der Waals surface area contributed by atoms with Crippen LogP contribution in [0.5, 0.6) is 0 Å². The second-order valence-electron chi connectivity index (χ2n) is 7.73. The molecule has 150 valence electrons. The Kier molecular flexibility index (Phi) is 5.97. The molecule has 2 atom stereocenters. The summed E-state index contributed by atoms with van der Waals surface area (Å²) < 4.78 is 6.99. The van der Waals surface area contributed by atoms with Crippen LogP contribution in [0.15, 0.2) is 30.3 Å². The van der Waals surface area contributed by atoms with Crippen LogP contribution in [0, 0.1) is 0 Å². The third kappa shape index (κ3) is 4.23. The van der Waals surface area contributed by atoms with Gasteiger partial charge in [0, 0.05) is 30.8 Å². The third-order valence-electron chi connectivity index (χ3n) is 5.93. The van der Waals surface area contributed by atoms with Gasteiger partial charge >= 0.3 is 0 Å². The Morgan fingerprint density at radius 3 is 2.68 bits per heavy atom. The molecule has 3 heterocycles. The van der Waals surface area contributed by atoms with E-state index in [1.807, 2.05) is 35.0 Å². The molecule has 28 heavy (non-hydrogen) atoms. The Balaban J connectivity index is 1.40. The lowest BCUT2D eigenvalue weighted by molar-refractivity contribution is 0.0145. The van der Waals surface area contributed by atoms with Gasteiger partial charge in [-0.2, -0.15) is 0 Å². The molecule has 0 saturated carbocycles. The highest BCUT2D eigenvalue weighted by molar-refractivity contribution is 5.94. The topological polar surface area (TPSA) is 85.2 Å². The summed E-state index contributed by atoms with van der Waals surface area (Å²) >= 11 is 0. The van der Waals surface area contributed by atoms with Crippen LogP contribution >= 0.6 is 0 Å². The SMILES string of the molecule is COCCn1nnnc1CN1C2CCCC1CC(NC(=O)c1ccccc1)C2. The first kappa shape index (κ1) is 19.0. The maximum absolute atomic E-state index is 12.5. The van der Waals surface area contributed by atoms with Crippen LogP contribution in [0.1, 0.15) is 48.3 Å². The molecule has 4 rings (SSSR count). The predicted molar refractivity (Wildman–Crippen MR) is 104 cm³/mol. The molecule has 2 fully saturated rings. The van der Waals surface area contributed by atoms with Gasteiger partial charge in [0.2, 0.25) is 0 Å². The van der Waals surface area contributed by atoms with Gasteiger partial charge in [0.25, 0.3) is 5.91 Å². The molecule has 8 heteroatoms. The van der Waals surface area contributed by atoms with E-state index in [0.717, 1.165) is 43.6 Å². The molecule has 2 unspecified atom stereocenters. The number of ether oxygens (including phenoxy) is 1. The second kappa shape index (κ2) is 8.79. The van der Waals surface area contributed by atoms with Crippen LogP contribution in [0.4, 0.5) is 0 Å². The molecular weight excluding hydrogens is 356 g/mol. The summed E-state index contributed by atoms with van der Waals surface area (Å²) in [5.41, 5.74) is 0.729. The number of methoxy groups -OCH3 is 1. The van der Waals surface area contributed by atoms with Crippen molar-refractivity contribution in [2.75, 3.05) is 13.7 Å². The number of rotatable bonds is 7. The number of piperidine rings is 2. The van der Waals surface area contributed by atoms with Gasteiger partial charge in [0.05, 0.1) is 19.7 Å². The van der Waals surface area contributed by atoms with Crippen LogP contribution in [-0.2, 0) is 17.8 Å². The number of hydrogen-bond acceptors (Lipinski definition) is 6. The quantitative estimate of drug-likeness (QED) is 0.781. The van der Waals surface area contributed by atoms with Crippen molar-refractivity contribution in [2.24, 2.45) is 0 Å². The van der Waals surface area contributed by atoms with E-state index in [2.05, 4.69) is 25.7 Å². The van der Waals surface area contributed by atoms with Crippen molar-refractivity contribution in [3.05, 3.63) is 41.7 Å². The zero-order valence-electron chi connectivity index (χ0n) is 16.3. The van der Waals surface area contributed by atoms with E-state index in [1.165, 1.54) is 6.42 Å². The minimum atomic E-state index is 0.0284. The van der Waals surface area contributed by atoms with Crippen LogP contribution < -0.4 is 5.32 Å². The summed E-state index contributed by atoms with van der Waals surface area (Å²) in [5, 5.41) is 15.4. The Hall–Kier alpha value is -2.32. The van der Waals surface area contributed by atoms with Crippen molar-refractivity contribution >= 4 is 5.91 Å². The predicted octanol–water partition coefficient (Wildman–Crippen LogP) is 1.64.